The average molecular weight is 204 g/mol. The highest BCUT2D eigenvalue weighted by atomic mass is 16.3. The van der Waals surface area contributed by atoms with Gasteiger partial charge in [0.2, 0.25) is 0 Å². The molecule has 1 unspecified atom stereocenters. The maximum absolute atomic E-state index is 9.43. The second-order valence-electron chi connectivity index (χ2n) is 5.44. The van der Waals surface area contributed by atoms with Crippen molar-refractivity contribution in [3.8, 4) is 0 Å². The second kappa shape index (κ2) is 3.64. The molecular formula is C14H20O. The fourth-order valence-corrected chi connectivity index (χ4v) is 2.67. The Morgan fingerprint density at radius 2 is 2.13 bits per heavy atom. The Hall–Kier alpha value is -0.820. The van der Waals surface area contributed by atoms with Gasteiger partial charge in [-0.3, -0.25) is 0 Å². The highest BCUT2D eigenvalue weighted by molar-refractivity contribution is 5.39. The van der Waals surface area contributed by atoms with Crippen molar-refractivity contribution in [3.05, 3.63) is 34.9 Å². The van der Waals surface area contributed by atoms with Gasteiger partial charge in [-0.1, -0.05) is 37.6 Å². The van der Waals surface area contributed by atoms with Crippen molar-refractivity contribution in [2.45, 2.75) is 39.5 Å². The normalized spacial score (nSPS) is 20.4. The van der Waals surface area contributed by atoms with Gasteiger partial charge in [-0.25, -0.2) is 0 Å². The minimum Gasteiger partial charge on any atom is -0.396 e. The van der Waals surface area contributed by atoms with E-state index in [9.17, 15) is 5.11 Å². The highest BCUT2D eigenvalue weighted by Gasteiger charge is 2.34. The van der Waals surface area contributed by atoms with Crippen LogP contribution in [0.1, 0.15) is 42.9 Å². The lowest BCUT2D eigenvalue weighted by atomic mass is 9.76. The first kappa shape index (κ1) is 10.7. The quantitative estimate of drug-likeness (QED) is 0.785. The van der Waals surface area contributed by atoms with Crippen LogP contribution in [0.25, 0.3) is 0 Å². The first-order valence-electron chi connectivity index (χ1n) is 5.75. The van der Waals surface area contributed by atoms with Crippen LogP contribution in [0.3, 0.4) is 0 Å². The van der Waals surface area contributed by atoms with Crippen molar-refractivity contribution in [2.75, 3.05) is 6.61 Å². The Labute approximate surface area is 92.1 Å². The molecular weight excluding hydrogens is 184 g/mol. The van der Waals surface area contributed by atoms with E-state index in [-0.39, 0.29) is 12.0 Å². The summed E-state index contributed by atoms with van der Waals surface area (Å²) in [5.74, 6) is 0.526. The maximum Gasteiger partial charge on any atom is 0.0487 e. The van der Waals surface area contributed by atoms with Gasteiger partial charge in [0.25, 0.3) is 0 Å². The molecule has 1 aliphatic carbocycles. The first-order valence-corrected chi connectivity index (χ1v) is 5.75. The van der Waals surface area contributed by atoms with Gasteiger partial charge in [0.1, 0.15) is 0 Å². The van der Waals surface area contributed by atoms with E-state index in [1.54, 1.807) is 0 Å². The number of aliphatic hydroxyl groups excluding tert-OH is 1. The van der Waals surface area contributed by atoms with E-state index in [4.69, 9.17) is 0 Å². The molecule has 1 atom stereocenters. The largest absolute Gasteiger partial charge is 0.396 e. The van der Waals surface area contributed by atoms with Crippen LogP contribution in [0.4, 0.5) is 0 Å². The fourth-order valence-electron chi connectivity index (χ4n) is 2.67. The van der Waals surface area contributed by atoms with E-state index in [0.717, 1.165) is 0 Å². The summed E-state index contributed by atoms with van der Waals surface area (Å²) in [4.78, 5) is 0. The Kier molecular flexibility index (Phi) is 2.59. The zero-order valence-corrected chi connectivity index (χ0v) is 9.88. The molecule has 1 aliphatic rings. The molecule has 1 nitrogen and oxygen atoms in total. The van der Waals surface area contributed by atoms with Crippen LogP contribution < -0.4 is 0 Å². The van der Waals surface area contributed by atoms with Crippen LogP contribution in [-0.4, -0.2) is 11.7 Å². The topological polar surface area (TPSA) is 20.2 Å². The van der Waals surface area contributed by atoms with Crippen LogP contribution in [0, 0.1) is 12.3 Å². The third kappa shape index (κ3) is 1.81. The van der Waals surface area contributed by atoms with Gasteiger partial charge in [-0.05, 0) is 42.2 Å². The van der Waals surface area contributed by atoms with Crippen molar-refractivity contribution in [1.29, 1.82) is 0 Å². The van der Waals surface area contributed by atoms with Gasteiger partial charge >= 0.3 is 0 Å². The third-order valence-corrected chi connectivity index (χ3v) is 3.73. The van der Waals surface area contributed by atoms with Crippen LogP contribution in [0.5, 0.6) is 0 Å². The predicted molar refractivity (Wildman–Crippen MR) is 63.1 cm³/mol. The van der Waals surface area contributed by atoms with Crippen LogP contribution in [0.15, 0.2) is 18.2 Å². The maximum atomic E-state index is 9.43. The van der Waals surface area contributed by atoms with Gasteiger partial charge in [0, 0.05) is 6.61 Å². The Bertz CT molecular complexity index is 366. The number of fused-ring (bicyclic) bond motifs is 1. The van der Waals surface area contributed by atoms with Gasteiger partial charge in [-0.15, -0.1) is 0 Å². The molecule has 1 heteroatoms. The predicted octanol–water partition coefficient (Wildman–Crippen LogP) is 3.04. The van der Waals surface area contributed by atoms with Crippen molar-refractivity contribution >= 4 is 0 Å². The number of hydrogen-bond acceptors (Lipinski definition) is 1. The molecule has 2 rings (SSSR count). The number of aryl methyl sites for hydroxylation is 2. The molecule has 0 aliphatic heterocycles. The molecule has 0 radical (unpaired) electrons. The summed E-state index contributed by atoms with van der Waals surface area (Å²) in [6, 6.07) is 6.73. The van der Waals surface area contributed by atoms with E-state index in [1.165, 1.54) is 29.5 Å². The lowest BCUT2D eigenvalue weighted by Gasteiger charge is -2.30. The van der Waals surface area contributed by atoms with Gasteiger partial charge in [-0.2, -0.15) is 0 Å². The van der Waals surface area contributed by atoms with E-state index >= 15 is 0 Å². The summed E-state index contributed by atoms with van der Waals surface area (Å²) in [5.41, 5.74) is 4.30. The Balaban J connectivity index is 2.37. The number of benzene rings is 1. The molecule has 0 amide bonds. The van der Waals surface area contributed by atoms with E-state index in [1.807, 2.05) is 0 Å². The van der Waals surface area contributed by atoms with E-state index in [0.29, 0.717) is 5.92 Å². The van der Waals surface area contributed by atoms with Crippen LogP contribution in [-0.2, 0) is 6.42 Å². The lowest BCUT2D eigenvalue weighted by molar-refractivity contribution is 0.130. The minimum absolute atomic E-state index is 0.0144. The fraction of sp³-hybridized carbons (Fsp3) is 0.571. The molecule has 0 bridgehead atoms. The van der Waals surface area contributed by atoms with Gasteiger partial charge < -0.3 is 5.11 Å². The van der Waals surface area contributed by atoms with Gasteiger partial charge in [0.15, 0.2) is 0 Å². The minimum atomic E-state index is 0.0144. The molecule has 0 heterocycles. The highest BCUT2D eigenvalue weighted by Crippen LogP contribution is 2.44. The van der Waals surface area contributed by atoms with E-state index < -0.39 is 0 Å². The SMILES string of the molecule is Cc1ccc2c(c1)CCC2C(C)(C)CO. The summed E-state index contributed by atoms with van der Waals surface area (Å²) in [7, 11) is 0. The molecule has 1 aromatic rings. The van der Waals surface area contributed by atoms with Crippen LogP contribution in [0.2, 0.25) is 0 Å². The Morgan fingerprint density at radius 1 is 1.40 bits per heavy atom. The molecule has 0 saturated carbocycles. The first-order chi connectivity index (χ1) is 7.04. The molecule has 0 fully saturated rings. The zero-order chi connectivity index (χ0) is 11.1. The summed E-state index contributed by atoms with van der Waals surface area (Å²) in [6.07, 6.45) is 2.36. The summed E-state index contributed by atoms with van der Waals surface area (Å²) >= 11 is 0. The summed E-state index contributed by atoms with van der Waals surface area (Å²) in [5, 5.41) is 9.43. The lowest BCUT2D eigenvalue weighted by Crippen LogP contribution is -2.24. The zero-order valence-electron chi connectivity index (χ0n) is 9.88. The standard InChI is InChI=1S/C14H20O/c1-10-4-6-12-11(8-10)5-7-13(12)14(2,3)9-15/h4,6,8,13,15H,5,7,9H2,1-3H3. The van der Waals surface area contributed by atoms with Crippen molar-refractivity contribution in [1.82, 2.24) is 0 Å². The molecule has 1 N–H and O–H groups in total. The summed E-state index contributed by atoms with van der Waals surface area (Å²) < 4.78 is 0. The third-order valence-electron chi connectivity index (χ3n) is 3.73. The summed E-state index contributed by atoms with van der Waals surface area (Å²) in [6.45, 7) is 6.73. The van der Waals surface area contributed by atoms with Gasteiger partial charge in [0.05, 0.1) is 0 Å². The van der Waals surface area contributed by atoms with Crippen molar-refractivity contribution in [2.24, 2.45) is 5.41 Å². The molecule has 0 spiro atoms. The number of hydrogen-bond donors (Lipinski definition) is 1. The monoisotopic (exact) mass is 204 g/mol. The Morgan fingerprint density at radius 3 is 2.80 bits per heavy atom. The average Bonchev–Trinajstić information content (AvgIpc) is 2.61. The smallest absolute Gasteiger partial charge is 0.0487 e. The number of aliphatic hydroxyl groups is 1. The molecule has 0 aromatic heterocycles. The van der Waals surface area contributed by atoms with E-state index in [2.05, 4.69) is 39.0 Å². The molecule has 0 saturated heterocycles. The molecule has 82 valence electrons. The molecule has 15 heavy (non-hydrogen) atoms. The van der Waals surface area contributed by atoms with Crippen LogP contribution >= 0.6 is 0 Å². The van der Waals surface area contributed by atoms with Crippen molar-refractivity contribution < 1.29 is 5.11 Å². The van der Waals surface area contributed by atoms with Crippen molar-refractivity contribution in [3.63, 3.8) is 0 Å². The second-order valence-corrected chi connectivity index (χ2v) is 5.44. The molecule has 1 aromatic carbocycles. The number of rotatable bonds is 2.